The average molecular weight is 428 g/mol. The Kier molecular flexibility index (Phi) is 5.73. The van der Waals surface area contributed by atoms with Gasteiger partial charge in [-0.25, -0.2) is 4.79 Å². The molecule has 2 aliphatic rings. The predicted octanol–water partition coefficient (Wildman–Crippen LogP) is 5.51. The van der Waals surface area contributed by atoms with Crippen molar-refractivity contribution >= 4 is 28.9 Å². The van der Waals surface area contributed by atoms with Gasteiger partial charge in [-0.2, -0.15) is 0 Å². The fourth-order valence-corrected chi connectivity index (χ4v) is 5.59. The van der Waals surface area contributed by atoms with Crippen molar-refractivity contribution < 1.29 is 19.4 Å². The van der Waals surface area contributed by atoms with Gasteiger partial charge < -0.3 is 14.7 Å². The fraction of sp³-hybridized carbons (Fsp3) is 0.500. The van der Waals surface area contributed by atoms with E-state index in [0.29, 0.717) is 18.2 Å². The van der Waals surface area contributed by atoms with Crippen LogP contribution in [0.15, 0.2) is 30.3 Å². The highest BCUT2D eigenvalue weighted by atomic mass is 32.1. The molecule has 1 aromatic heterocycles. The zero-order valence-electron chi connectivity index (χ0n) is 17.8. The van der Waals surface area contributed by atoms with E-state index in [1.165, 1.54) is 17.8 Å². The monoisotopic (exact) mass is 427 g/mol. The molecule has 1 aliphatic heterocycles. The molecular formula is C24H29NO4S. The van der Waals surface area contributed by atoms with Gasteiger partial charge in [-0.05, 0) is 51.2 Å². The van der Waals surface area contributed by atoms with E-state index in [4.69, 9.17) is 4.74 Å². The molecule has 1 amide bonds. The number of carbonyl (C=O) groups is 2. The third-order valence-electron chi connectivity index (χ3n) is 6.38. The SMILES string of the molecule is Cc1ccc(-c2cc(N3C(=O)C(C)(C)OCC3C3CCCCC3)c(C(=O)O)s2)cc1. The summed E-state index contributed by atoms with van der Waals surface area (Å²) in [5.74, 6) is -0.809. The summed E-state index contributed by atoms with van der Waals surface area (Å²) in [6, 6.07) is 9.80. The predicted molar refractivity (Wildman–Crippen MR) is 119 cm³/mol. The number of hydrogen-bond acceptors (Lipinski definition) is 4. The minimum atomic E-state index is -0.993. The Labute approximate surface area is 181 Å². The lowest BCUT2D eigenvalue weighted by Gasteiger charge is -2.46. The van der Waals surface area contributed by atoms with Crippen molar-refractivity contribution in [1.82, 2.24) is 0 Å². The van der Waals surface area contributed by atoms with Crippen LogP contribution in [0, 0.1) is 12.8 Å². The van der Waals surface area contributed by atoms with Crippen molar-refractivity contribution in [3.05, 3.63) is 40.8 Å². The number of aromatic carboxylic acids is 1. The average Bonchev–Trinajstić information content (AvgIpc) is 3.16. The highest BCUT2D eigenvalue weighted by Gasteiger charge is 2.46. The van der Waals surface area contributed by atoms with Gasteiger partial charge in [0.1, 0.15) is 10.5 Å². The third-order valence-corrected chi connectivity index (χ3v) is 7.54. The van der Waals surface area contributed by atoms with Gasteiger partial charge in [0, 0.05) is 4.88 Å². The Balaban J connectivity index is 1.80. The second-order valence-electron chi connectivity index (χ2n) is 8.96. The van der Waals surface area contributed by atoms with Crippen molar-refractivity contribution in [2.75, 3.05) is 11.5 Å². The van der Waals surface area contributed by atoms with Gasteiger partial charge in [-0.3, -0.25) is 4.79 Å². The van der Waals surface area contributed by atoms with E-state index in [0.717, 1.165) is 41.7 Å². The largest absolute Gasteiger partial charge is 0.477 e. The maximum absolute atomic E-state index is 13.5. The number of carboxylic acids is 1. The van der Waals surface area contributed by atoms with Crippen LogP contribution in [0.25, 0.3) is 10.4 Å². The highest BCUT2D eigenvalue weighted by molar-refractivity contribution is 7.18. The van der Waals surface area contributed by atoms with Gasteiger partial charge in [0.15, 0.2) is 0 Å². The molecule has 1 aliphatic carbocycles. The first-order chi connectivity index (χ1) is 14.3. The van der Waals surface area contributed by atoms with Crippen LogP contribution in [0.4, 0.5) is 5.69 Å². The number of carboxylic acid groups (broad SMARTS) is 1. The molecule has 5 nitrogen and oxygen atoms in total. The Bertz CT molecular complexity index is 941. The fourth-order valence-electron chi connectivity index (χ4n) is 4.60. The van der Waals surface area contributed by atoms with E-state index in [2.05, 4.69) is 0 Å². The molecular weight excluding hydrogens is 398 g/mol. The number of nitrogens with zero attached hydrogens (tertiary/aromatic N) is 1. The summed E-state index contributed by atoms with van der Waals surface area (Å²) in [5.41, 5.74) is 1.66. The molecule has 0 spiro atoms. The van der Waals surface area contributed by atoms with E-state index in [1.807, 2.05) is 37.3 Å². The smallest absolute Gasteiger partial charge is 0.348 e. The van der Waals surface area contributed by atoms with E-state index < -0.39 is 11.6 Å². The van der Waals surface area contributed by atoms with Crippen LogP contribution < -0.4 is 4.90 Å². The number of hydrogen-bond donors (Lipinski definition) is 1. The van der Waals surface area contributed by atoms with E-state index in [1.54, 1.807) is 18.7 Å². The lowest BCUT2D eigenvalue weighted by atomic mass is 9.82. The number of thiophene rings is 1. The summed E-state index contributed by atoms with van der Waals surface area (Å²) >= 11 is 1.24. The molecule has 1 aromatic carbocycles. The number of anilines is 1. The third kappa shape index (κ3) is 3.91. The standard InChI is InChI=1S/C24H29NO4S/c1-15-9-11-17(12-10-15)20-13-18(21(30-20)22(26)27)25-19(16-7-5-4-6-8-16)14-29-24(2,3)23(25)28/h9-13,16,19H,4-8,14H2,1-3H3,(H,26,27). The maximum atomic E-state index is 13.5. The van der Waals surface area contributed by atoms with Crippen molar-refractivity contribution in [3.8, 4) is 10.4 Å². The molecule has 1 N–H and O–H groups in total. The van der Waals surface area contributed by atoms with Gasteiger partial charge in [0.2, 0.25) is 0 Å². The van der Waals surface area contributed by atoms with Crippen LogP contribution in [-0.2, 0) is 9.53 Å². The van der Waals surface area contributed by atoms with Gasteiger partial charge in [0.25, 0.3) is 5.91 Å². The Morgan fingerprint density at radius 1 is 1.17 bits per heavy atom. The molecule has 0 bridgehead atoms. The molecule has 1 saturated carbocycles. The second-order valence-corrected chi connectivity index (χ2v) is 10.0. The molecule has 160 valence electrons. The molecule has 2 heterocycles. The van der Waals surface area contributed by atoms with Crippen LogP contribution >= 0.6 is 11.3 Å². The summed E-state index contributed by atoms with van der Waals surface area (Å²) in [7, 11) is 0. The van der Waals surface area contributed by atoms with Crippen LogP contribution in [0.3, 0.4) is 0 Å². The molecule has 2 fully saturated rings. The van der Waals surface area contributed by atoms with E-state index in [-0.39, 0.29) is 16.8 Å². The van der Waals surface area contributed by atoms with Crippen LogP contribution in [-0.4, -0.2) is 35.2 Å². The maximum Gasteiger partial charge on any atom is 0.348 e. The second kappa shape index (κ2) is 8.16. The molecule has 30 heavy (non-hydrogen) atoms. The van der Waals surface area contributed by atoms with E-state index in [9.17, 15) is 14.7 Å². The van der Waals surface area contributed by atoms with Crippen LogP contribution in [0.5, 0.6) is 0 Å². The zero-order valence-corrected chi connectivity index (χ0v) is 18.6. The summed E-state index contributed by atoms with van der Waals surface area (Å²) in [5, 5.41) is 9.95. The van der Waals surface area contributed by atoms with Gasteiger partial charge in [-0.15, -0.1) is 11.3 Å². The highest BCUT2D eigenvalue weighted by Crippen LogP contribution is 2.43. The van der Waals surface area contributed by atoms with Gasteiger partial charge in [0.05, 0.1) is 18.3 Å². The van der Waals surface area contributed by atoms with Crippen LogP contribution in [0.2, 0.25) is 0 Å². The van der Waals surface area contributed by atoms with E-state index >= 15 is 0 Å². The Hall–Kier alpha value is -2.18. The van der Waals surface area contributed by atoms with Crippen LogP contribution in [0.1, 0.15) is 61.2 Å². The molecule has 1 atom stereocenters. The first-order valence-corrected chi connectivity index (χ1v) is 11.5. The quantitative estimate of drug-likeness (QED) is 0.698. The molecule has 1 unspecified atom stereocenters. The minimum absolute atomic E-state index is 0.121. The lowest BCUT2D eigenvalue weighted by molar-refractivity contribution is -0.149. The van der Waals surface area contributed by atoms with Crippen molar-refractivity contribution in [3.63, 3.8) is 0 Å². The van der Waals surface area contributed by atoms with Gasteiger partial charge in [-0.1, -0.05) is 49.1 Å². The Morgan fingerprint density at radius 3 is 2.47 bits per heavy atom. The number of morpholine rings is 1. The number of amides is 1. The number of ether oxygens (including phenoxy) is 1. The first kappa shape index (κ1) is 21.1. The van der Waals surface area contributed by atoms with Crippen molar-refractivity contribution in [2.45, 2.75) is 64.5 Å². The number of carbonyl (C=O) groups excluding carboxylic acids is 1. The first-order valence-electron chi connectivity index (χ1n) is 10.7. The van der Waals surface area contributed by atoms with Gasteiger partial charge >= 0.3 is 5.97 Å². The molecule has 4 rings (SSSR count). The molecule has 6 heteroatoms. The normalized spacial score (nSPS) is 22.3. The Morgan fingerprint density at radius 2 is 1.83 bits per heavy atom. The summed E-state index contributed by atoms with van der Waals surface area (Å²) in [6.45, 7) is 6.01. The van der Waals surface area contributed by atoms with Crippen molar-refractivity contribution in [1.29, 1.82) is 0 Å². The summed E-state index contributed by atoms with van der Waals surface area (Å²) < 4.78 is 5.96. The lowest BCUT2D eigenvalue weighted by Crippen LogP contribution is -2.61. The topological polar surface area (TPSA) is 66.8 Å². The minimum Gasteiger partial charge on any atom is -0.477 e. The summed E-state index contributed by atoms with van der Waals surface area (Å²) in [6.07, 6.45) is 5.62. The number of benzene rings is 1. The molecule has 0 radical (unpaired) electrons. The number of rotatable bonds is 4. The molecule has 1 saturated heterocycles. The van der Waals surface area contributed by atoms with Crippen molar-refractivity contribution in [2.24, 2.45) is 5.92 Å². The molecule has 2 aromatic rings. The summed E-state index contributed by atoms with van der Waals surface area (Å²) in [4.78, 5) is 28.5. The zero-order chi connectivity index (χ0) is 21.5. The number of aryl methyl sites for hydroxylation is 1.